The van der Waals surface area contributed by atoms with E-state index in [1.165, 1.54) is 35.1 Å². The van der Waals surface area contributed by atoms with Crippen molar-refractivity contribution in [2.24, 2.45) is 12.2 Å². The Kier molecular flexibility index (Phi) is 6.77. The number of carboxylic acid groups (broad SMARTS) is 1. The van der Waals surface area contributed by atoms with Crippen LogP contribution in [0.3, 0.4) is 0 Å². The predicted octanol–water partition coefficient (Wildman–Crippen LogP) is -1.50. The molecule has 2 aliphatic heterocycles. The molecule has 3 N–H and O–H groups in total. The number of nitrogens with zero attached hydrogens (tertiary/aromatic N) is 5. The van der Waals surface area contributed by atoms with E-state index in [0.717, 1.165) is 16.5 Å². The lowest BCUT2D eigenvalue weighted by Crippen LogP contribution is -2.71. The van der Waals surface area contributed by atoms with Gasteiger partial charge in [-0.05, 0) is 0 Å². The molecule has 4 heterocycles. The number of thioether (sulfide) groups is 1. The van der Waals surface area contributed by atoms with Gasteiger partial charge in [-0.25, -0.2) is 9.55 Å². The predicted molar refractivity (Wildman–Crippen MR) is 126 cm³/mol. The van der Waals surface area contributed by atoms with E-state index >= 15 is 0 Å². The van der Waals surface area contributed by atoms with Crippen LogP contribution < -0.4 is 25.6 Å². The first-order valence-electron chi connectivity index (χ1n) is 9.88. The van der Waals surface area contributed by atoms with Gasteiger partial charge in [0.2, 0.25) is 0 Å². The number of hydrogen-bond donors (Lipinski definition) is 2. The summed E-state index contributed by atoms with van der Waals surface area (Å²) >= 11 is 4.02. The van der Waals surface area contributed by atoms with Crippen molar-refractivity contribution in [1.82, 2.24) is 15.2 Å². The Labute approximate surface area is 206 Å². The summed E-state index contributed by atoms with van der Waals surface area (Å²) in [6, 6.07) is -0.931. The highest BCUT2D eigenvalue weighted by Crippen LogP contribution is 2.40. The molecule has 2 unspecified atom stereocenters. The van der Waals surface area contributed by atoms with Crippen LogP contribution in [0.4, 0.5) is 10.3 Å². The van der Waals surface area contributed by atoms with Crippen LogP contribution in [0.2, 0.25) is 0 Å². The minimum atomic E-state index is -1.43. The topological polar surface area (TPSA) is 157 Å². The monoisotopic (exact) mass is 523 g/mol. The summed E-state index contributed by atoms with van der Waals surface area (Å²) in [4.78, 5) is 49.6. The van der Waals surface area contributed by atoms with Crippen molar-refractivity contribution in [3.63, 3.8) is 0 Å². The van der Waals surface area contributed by atoms with E-state index in [1.807, 2.05) is 35.1 Å². The van der Waals surface area contributed by atoms with Crippen LogP contribution in [0.15, 0.2) is 33.4 Å². The van der Waals surface area contributed by atoms with E-state index in [-0.39, 0.29) is 22.2 Å². The highest BCUT2D eigenvalue weighted by atomic mass is 32.2. The van der Waals surface area contributed by atoms with E-state index in [2.05, 4.69) is 15.5 Å². The van der Waals surface area contributed by atoms with Gasteiger partial charge < -0.3 is 25.8 Å². The number of thiazole rings is 2. The van der Waals surface area contributed by atoms with Gasteiger partial charge >= 0.3 is 5.13 Å². The molecule has 2 aromatic heterocycles. The first-order valence-corrected chi connectivity index (χ1v) is 12.7. The maximum absolute atomic E-state index is 12.9. The van der Waals surface area contributed by atoms with Gasteiger partial charge in [-0.3, -0.25) is 19.4 Å². The fourth-order valence-electron chi connectivity index (χ4n) is 3.74. The molecule has 0 aliphatic carbocycles. The SMILES string of the molecule is CO/N=C(\C(=O)NC1C(=O)N2C(C(=O)[O-])=C(CN(C)c3scc[n+]3C)CSC12)c1csc(N)n1. The number of fused-ring (bicyclic) bond motifs is 1. The molecule has 0 spiro atoms. The number of nitrogen functional groups attached to an aromatic ring is 1. The number of amides is 2. The Bertz CT molecular complexity index is 1210. The van der Waals surface area contributed by atoms with Crippen molar-refractivity contribution in [2.75, 3.05) is 37.1 Å². The average molecular weight is 524 g/mol. The second kappa shape index (κ2) is 9.60. The first-order chi connectivity index (χ1) is 16.2. The minimum absolute atomic E-state index is 0.135. The highest BCUT2D eigenvalue weighted by Gasteiger charge is 2.53. The Morgan fingerprint density at radius 3 is 2.82 bits per heavy atom. The fourth-order valence-corrected chi connectivity index (χ4v) is 6.46. The van der Waals surface area contributed by atoms with Crippen LogP contribution in [0.25, 0.3) is 0 Å². The van der Waals surface area contributed by atoms with Gasteiger partial charge in [0.15, 0.2) is 10.8 Å². The van der Waals surface area contributed by atoms with Gasteiger partial charge in [-0.2, -0.15) is 0 Å². The molecular formula is C19H21N7O5S3. The second-order valence-corrected chi connectivity index (χ2v) is 10.3. The molecule has 2 atom stereocenters. The fraction of sp³-hybridized carbons (Fsp3) is 0.368. The number of aliphatic carboxylic acids is 1. The number of nitrogens with one attached hydrogen (secondary N) is 1. The molecule has 0 saturated carbocycles. The van der Waals surface area contributed by atoms with E-state index in [1.54, 1.807) is 5.38 Å². The van der Waals surface area contributed by atoms with E-state index in [4.69, 9.17) is 10.6 Å². The van der Waals surface area contributed by atoms with Gasteiger partial charge in [0.25, 0.3) is 11.8 Å². The highest BCUT2D eigenvalue weighted by molar-refractivity contribution is 8.00. The molecule has 15 heteroatoms. The molecule has 12 nitrogen and oxygen atoms in total. The summed E-state index contributed by atoms with van der Waals surface area (Å²) in [5, 5.41) is 22.4. The third-order valence-corrected chi connectivity index (χ3v) is 8.29. The maximum atomic E-state index is 12.9. The zero-order valence-electron chi connectivity index (χ0n) is 18.4. The number of carbonyl (C=O) groups excluding carboxylic acids is 3. The normalized spacial score (nSPS) is 20.0. The molecule has 0 aromatic carbocycles. The number of β-lactam (4-membered cyclic amide) rings is 1. The maximum Gasteiger partial charge on any atom is 0.335 e. The lowest BCUT2D eigenvalue weighted by atomic mass is 10.0. The van der Waals surface area contributed by atoms with E-state index in [0.29, 0.717) is 17.9 Å². The molecule has 2 aliphatic rings. The second-order valence-electron chi connectivity index (χ2n) is 7.45. The summed E-state index contributed by atoms with van der Waals surface area (Å²) < 4.78 is 1.93. The quantitative estimate of drug-likeness (QED) is 0.182. The summed E-state index contributed by atoms with van der Waals surface area (Å²) in [7, 11) is 5.03. The van der Waals surface area contributed by atoms with E-state index < -0.39 is 29.2 Å². The van der Waals surface area contributed by atoms with Gasteiger partial charge in [0.05, 0.1) is 25.8 Å². The number of oxime groups is 1. The van der Waals surface area contributed by atoms with Gasteiger partial charge in [0.1, 0.15) is 37.0 Å². The van der Waals surface area contributed by atoms with Crippen molar-refractivity contribution in [3.05, 3.63) is 33.9 Å². The van der Waals surface area contributed by atoms with Crippen LogP contribution in [0.5, 0.6) is 0 Å². The summed E-state index contributed by atoms with van der Waals surface area (Å²) in [6.07, 6.45) is 1.91. The number of carboxylic acids is 1. The number of rotatable bonds is 8. The standard InChI is InChI=1S/C19H21N7O5S3/c1-24-4-5-32-19(24)25(2)6-9-7-33-16-12(15(28)26(16)13(9)17(29)30)22-14(27)11(23-31-3)10-8-34-18(20)21-10/h4-5,8,12,16H,6-7H2,1-3H3,(H3-,20,21,22,27,29,30)/b23-11-. The zero-order chi connectivity index (χ0) is 24.6. The van der Waals surface area contributed by atoms with Crippen LogP contribution in [-0.4, -0.2) is 71.3 Å². The van der Waals surface area contributed by atoms with E-state index in [9.17, 15) is 19.5 Å². The number of carbonyl (C=O) groups is 3. The Balaban J connectivity index is 1.52. The first kappa shape index (κ1) is 24.0. The zero-order valence-corrected chi connectivity index (χ0v) is 20.8. The summed E-state index contributed by atoms with van der Waals surface area (Å²) in [5.74, 6) is -2.28. The van der Waals surface area contributed by atoms with Crippen LogP contribution in [0, 0.1) is 0 Å². The van der Waals surface area contributed by atoms with Crippen LogP contribution in [0.1, 0.15) is 5.69 Å². The molecule has 2 amide bonds. The number of aryl methyl sites for hydroxylation is 1. The molecule has 0 bridgehead atoms. The van der Waals surface area contributed by atoms with Crippen molar-refractivity contribution in [3.8, 4) is 0 Å². The Morgan fingerprint density at radius 1 is 1.47 bits per heavy atom. The molecular weight excluding hydrogens is 502 g/mol. The number of aromatic nitrogens is 2. The lowest BCUT2D eigenvalue weighted by molar-refractivity contribution is -0.654. The number of likely N-dealkylation sites (N-methyl/N-ethyl adjacent to an activating group) is 1. The average Bonchev–Trinajstić information content (AvgIpc) is 3.42. The van der Waals surface area contributed by atoms with Crippen LogP contribution >= 0.6 is 34.4 Å². The Morgan fingerprint density at radius 2 is 2.24 bits per heavy atom. The third-order valence-electron chi connectivity index (χ3n) is 5.20. The lowest BCUT2D eigenvalue weighted by Gasteiger charge is -2.50. The molecule has 1 saturated heterocycles. The number of nitrogens with two attached hydrogens (primary N) is 1. The molecule has 2 aromatic rings. The van der Waals surface area contributed by atoms with Crippen molar-refractivity contribution in [1.29, 1.82) is 0 Å². The molecule has 1 fully saturated rings. The number of anilines is 2. The minimum Gasteiger partial charge on any atom is -0.543 e. The molecule has 4 rings (SSSR count). The Hall–Kier alpha value is -3.17. The number of hydrogen-bond acceptors (Lipinski definition) is 12. The molecule has 180 valence electrons. The van der Waals surface area contributed by atoms with Gasteiger partial charge in [-0.15, -0.1) is 23.1 Å². The van der Waals surface area contributed by atoms with Crippen molar-refractivity contribution >= 4 is 68.2 Å². The van der Waals surface area contributed by atoms with Crippen LogP contribution in [-0.2, 0) is 26.3 Å². The van der Waals surface area contributed by atoms with Gasteiger partial charge in [0, 0.05) is 22.1 Å². The molecule has 34 heavy (non-hydrogen) atoms. The largest absolute Gasteiger partial charge is 0.543 e. The van der Waals surface area contributed by atoms with Crippen molar-refractivity contribution in [2.45, 2.75) is 11.4 Å². The third kappa shape index (κ3) is 4.33. The van der Waals surface area contributed by atoms with Gasteiger partial charge in [-0.1, -0.05) is 16.5 Å². The smallest absolute Gasteiger partial charge is 0.335 e. The van der Waals surface area contributed by atoms with Crippen molar-refractivity contribution < 1.29 is 28.9 Å². The molecule has 0 radical (unpaired) electrons. The summed E-state index contributed by atoms with van der Waals surface area (Å²) in [5.41, 5.74) is 6.13. The summed E-state index contributed by atoms with van der Waals surface area (Å²) in [6.45, 7) is 0.314.